The van der Waals surface area contributed by atoms with Crippen molar-refractivity contribution in [1.82, 2.24) is 5.32 Å². The smallest absolute Gasteiger partial charge is 0.231 e. The third-order valence-corrected chi connectivity index (χ3v) is 4.04. The van der Waals surface area contributed by atoms with Crippen LogP contribution < -0.4 is 20.1 Å². The second-order valence-electron chi connectivity index (χ2n) is 5.54. The Hall–Kier alpha value is -2.27. The van der Waals surface area contributed by atoms with Crippen LogP contribution in [0.1, 0.15) is 30.5 Å². The minimum Gasteiger partial charge on any atom is -0.454 e. The fraction of sp³-hybridized carbons (Fsp3) is 0.278. The van der Waals surface area contributed by atoms with Crippen molar-refractivity contribution in [3.05, 3.63) is 53.6 Å². The minimum absolute atomic E-state index is 0.185. The van der Waals surface area contributed by atoms with Gasteiger partial charge in [0.2, 0.25) is 6.79 Å². The van der Waals surface area contributed by atoms with Crippen LogP contribution >= 0.6 is 12.2 Å². The molecule has 4 nitrogen and oxygen atoms in total. The summed E-state index contributed by atoms with van der Waals surface area (Å²) in [6, 6.07) is 14.4. The molecule has 1 unspecified atom stereocenters. The molecule has 0 bridgehead atoms. The molecule has 0 amide bonds. The molecule has 23 heavy (non-hydrogen) atoms. The van der Waals surface area contributed by atoms with Crippen LogP contribution in [-0.4, -0.2) is 11.9 Å². The Morgan fingerprint density at radius 1 is 1.13 bits per heavy atom. The lowest BCUT2D eigenvalue weighted by Crippen LogP contribution is -2.32. The quantitative estimate of drug-likeness (QED) is 0.825. The number of fused-ring (bicyclic) bond motifs is 1. The third kappa shape index (κ3) is 3.74. The molecule has 2 aromatic rings. The molecule has 120 valence electrons. The Kier molecular flexibility index (Phi) is 4.67. The number of benzene rings is 2. The Labute approximate surface area is 141 Å². The molecule has 3 rings (SSSR count). The molecule has 1 atom stereocenters. The lowest BCUT2D eigenvalue weighted by atomic mass is 10.0. The van der Waals surface area contributed by atoms with Gasteiger partial charge in [0, 0.05) is 11.8 Å². The fourth-order valence-electron chi connectivity index (χ4n) is 2.52. The molecule has 0 radical (unpaired) electrons. The summed E-state index contributed by atoms with van der Waals surface area (Å²) >= 11 is 5.44. The molecule has 1 aliphatic rings. The zero-order chi connectivity index (χ0) is 16.2. The van der Waals surface area contributed by atoms with Crippen molar-refractivity contribution in [2.75, 3.05) is 12.1 Å². The van der Waals surface area contributed by atoms with Crippen LogP contribution in [0.15, 0.2) is 42.5 Å². The summed E-state index contributed by atoms with van der Waals surface area (Å²) in [6.45, 7) is 4.50. The van der Waals surface area contributed by atoms with Gasteiger partial charge >= 0.3 is 0 Å². The number of rotatable bonds is 4. The van der Waals surface area contributed by atoms with Gasteiger partial charge in [0.15, 0.2) is 16.6 Å². The Bertz CT molecular complexity index is 701. The first-order valence-electron chi connectivity index (χ1n) is 7.69. The number of thiocarbonyl (C=S) groups is 1. The van der Waals surface area contributed by atoms with Crippen LogP contribution in [0.3, 0.4) is 0 Å². The fourth-order valence-corrected chi connectivity index (χ4v) is 2.78. The average Bonchev–Trinajstić information content (AvgIpc) is 3.01. The predicted molar refractivity (Wildman–Crippen MR) is 96.1 cm³/mol. The number of anilines is 1. The summed E-state index contributed by atoms with van der Waals surface area (Å²) < 4.78 is 10.7. The van der Waals surface area contributed by atoms with E-state index < -0.39 is 0 Å². The summed E-state index contributed by atoms with van der Waals surface area (Å²) in [7, 11) is 0. The maximum absolute atomic E-state index is 5.44. The molecule has 0 saturated heterocycles. The molecule has 5 heteroatoms. The molecule has 1 aliphatic heterocycles. The van der Waals surface area contributed by atoms with E-state index in [4.69, 9.17) is 21.7 Å². The zero-order valence-corrected chi connectivity index (χ0v) is 14.1. The van der Waals surface area contributed by atoms with Crippen molar-refractivity contribution in [2.45, 2.75) is 26.3 Å². The minimum atomic E-state index is 0.185. The summed E-state index contributed by atoms with van der Waals surface area (Å²) in [5, 5.41) is 7.16. The molecule has 0 aromatic heterocycles. The first-order valence-corrected chi connectivity index (χ1v) is 8.10. The van der Waals surface area contributed by atoms with Crippen molar-refractivity contribution in [1.29, 1.82) is 0 Å². The van der Waals surface area contributed by atoms with Gasteiger partial charge in [-0.3, -0.25) is 0 Å². The van der Waals surface area contributed by atoms with E-state index in [1.54, 1.807) is 0 Å². The van der Waals surface area contributed by atoms with E-state index in [0.717, 1.165) is 23.6 Å². The molecule has 2 N–H and O–H groups in total. The van der Waals surface area contributed by atoms with Crippen LogP contribution in [0.2, 0.25) is 0 Å². The number of aryl methyl sites for hydroxylation is 1. The van der Waals surface area contributed by atoms with Crippen LogP contribution in [0, 0.1) is 6.92 Å². The topological polar surface area (TPSA) is 42.5 Å². The molecule has 2 aromatic carbocycles. The van der Waals surface area contributed by atoms with Crippen LogP contribution in [0.4, 0.5) is 5.69 Å². The highest BCUT2D eigenvalue weighted by Gasteiger charge is 2.14. The van der Waals surface area contributed by atoms with Crippen molar-refractivity contribution in [2.24, 2.45) is 0 Å². The summed E-state index contributed by atoms with van der Waals surface area (Å²) in [5.74, 6) is 1.50. The van der Waals surface area contributed by atoms with Crippen molar-refractivity contribution in [3.8, 4) is 11.5 Å². The highest BCUT2D eigenvalue weighted by molar-refractivity contribution is 7.80. The van der Waals surface area contributed by atoms with E-state index >= 15 is 0 Å². The van der Waals surface area contributed by atoms with Gasteiger partial charge in [0.25, 0.3) is 0 Å². The van der Waals surface area contributed by atoms with Gasteiger partial charge in [-0.25, -0.2) is 0 Å². The van der Waals surface area contributed by atoms with E-state index in [9.17, 15) is 0 Å². The maximum Gasteiger partial charge on any atom is 0.231 e. The Balaban J connectivity index is 1.64. The normalized spacial score (nSPS) is 13.5. The summed E-state index contributed by atoms with van der Waals surface area (Å²) in [6.07, 6.45) is 0.950. The lowest BCUT2D eigenvalue weighted by molar-refractivity contribution is 0.174. The van der Waals surface area contributed by atoms with Crippen molar-refractivity contribution in [3.63, 3.8) is 0 Å². The standard InChI is InChI=1S/C18H20N2O2S/c1-3-15(13-6-4-12(2)5-7-13)20-18(23)19-14-8-9-16-17(10-14)22-11-21-16/h4-10,15H,3,11H2,1-2H3,(H2,19,20,23). The third-order valence-electron chi connectivity index (χ3n) is 3.82. The molecule has 0 saturated carbocycles. The SMILES string of the molecule is CCC(NC(=S)Nc1ccc2c(c1)OCO2)c1ccc(C)cc1. The Morgan fingerprint density at radius 3 is 2.61 bits per heavy atom. The van der Waals surface area contributed by atoms with Crippen LogP contribution in [0.5, 0.6) is 11.5 Å². The highest BCUT2D eigenvalue weighted by atomic mass is 32.1. The van der Waals surface area contributed by atoms with Gasteiger partial charge in [0.1, 0.15) is 0 Å². The molecular weight excluding hydrogens is 308 g/mol. The van der Waals surface area contributed by atoms with Gasteiger partial charge < -0.3 is 20.1 Å². The first-order chi connectivity index (χ1) is 11.2. The van der Waals surface area contributed by atoms with Crippen molar-refractivity contribution >= 4 is 23.0 Å². The molecule has 0 aliphatic carbocycles. The van der Waals surface area contributed by atoms with E-state index in [-0.39, 0.29) is 12.8 Å². The van der Waals surface area contributed by atoms with Gasteiger partial charge in [-0.15, -0.1) is 0 Å². The first kappa shape index (κ1) is 15.6. The number of hydrogen-bond donors (Lipinski definition) is 2. The molecule has 0 spiro atoms. The van der Waals surface area contributed by atoms with Gasteiger partial charge in [-0.1, -0.05) is 36.8 Å². The summed E-state index contributed by atoms with van der Waals surface area (Å²) in [5.41, 5.74) is 3.36. The molecule has 0 fully saturated rings. The van der Waals surface area contributed by atoms with Gasteiger partial charge in [0.05, 0.1) is 6.04 Å². The van der Waals surface area contributed by atoms with Crippen LogP contribution in [-0.2, 0) is 0 Å². The van der Waals surface area contributed by atoms with Crippen LogP contribution in [0.25, 0.3) is 0 Å². The van der Waals surface area contributed by atoms with Gasteiger partial charge in [-0.2, -0.15) is 0 Å². The van der Waals surface area contributed by atoms with Gasteiger partial charge in [-0.05, 0) is 43.3 Å². The van der Waals surface area contributed by atoms with E-state index in [1.165, 1.54) is 11.1 Å². The number of nitrogens with one attached hydrogen (secondary N) is 2. The molecular formula is C18H20N2O2S. The predicted octanol–water partition coefficient (Wildman–Crippen LogP) is 4.16. The van der Waals surface area contributed by atoms with E-state index in [2.05, 4.69) is 48.7 Å². The second kappa shape index (κ2) is 6.87. The number of hydrogen-bond acceptors (Lipinski definition) is 3. The maximum atomic E-state index is 5.44. The second-order valence-corrected chi connectivity index (χ2v) is 5.95. The largest absolute Gasteiger partial charge is 0.454 e. The highest BCUT2D eigenvalue weighted by Crippen LogP contribution is 2.34. The Morgan fingerprint density at radius 2 is 1.87 bits per heavy atom. The van der Waals surface area contributed by atoms with E-state index in [0.29, 0.717) is 5.11 Å². The number of ether oxygens (including phenoxy) is 2. The molecule has 1 heterocycles. The van der Waals surface area contributed by atoms with E-state index in [1.807, 2.05) is 18.2 Å². The zero-order valence-electron chi connectivity index (χ0n) is 13.3. The summed E-state index contributed by atoms with van der Waals surface area (Å²) in [4.78, 5) is 0. The lowest BCUT2D eigenvalue weighted by Gasteiger charge is -2.20. The average molecular weight is 328 g/mol. The van der Waals surface area contributed by atoms with Crippen molar-refractivity contribution < 1.29 is 9.47 Å². The monoisotopic (exact) mass is 328 g/mol.